The van der Waals surface area contributed by atoms with Crippen molar-refractivity contribution < 1.29 is 4.42 Å². The zero-order valence-corrected chi connectivity index (χ0v) is 10.1. The van der Waals surface area contributed by atoms with E-state index in [1.54, 1.807) is 0 Å². The summed E-state index contributed by atoms with van der Waals surface area (Å²) in [5.41, 5.74) is 3.34. The van der Waals surface area contributed by atoms with E-state index in [1.165, 1.54) is 29.2 Å². The molecule has 1 aromatic heterocycles. The number of hydrogen-bond donors (Lipinski definition) is 1. The summed E-state index contributed by atoms with van der Waals surface area (Å²) in [6, 6.07) is 15.3. The first-order chi connectivity index (χ1) is 8.92. The highest BCUT2D eigenvalue weighted by atomic mass is 16.3. The summed E-state index contributed by atoms with van der Waals surface area (Å²) in [7, 11) is 0. The molecule has 3 aromatic rings. The molecule has 1 atom stereocenters. The number of fused-ring (bicyclic) bond motifs is 3. The Balaban J connectivity index is 1.94. The van der Waals surface area contributed by atoms with Crippen LogP contribution >= 0.6 is 0 Å². The molecule has 0 radical (unpaired) electrons. The van der Waals surface area contributed by atoms with Gasteiger partial charge in [0.2, 0.25) is 0 Å². The normalized spacial score (nSPS) is 19.9. The zero-order chi connectivity index (χ0) is 11.9. The van der Waals surface area contributed by atoms with E-state index in [-0.39, 0.29) is 0 Å². The minimum absolute atomic E-state index is 0.517. The predicted molar refractivity (Wildman–Crippen MR) is 73.7 cm³/mol. The first kappa shape index (κ1) is 10.2. The van der Waals surface area contributed by atoms with Gasteiger partial charge in [0.25, 0.3) is 0 Å². The second-order valence-electron chi connectivity index (χ2n) is 5.00. The Hall–Kier alpha value is -1.80. The van der Waals surface area contributed by atoms with Gasteiger partial charge in [-0.15, -0.1) is 0 Å². The first-order valence-corrected chi connectivity index (χ1v) is 6.56. The van der Waals surface area contributed by atoms with E-state index in [9.17, 15) is 0 Å². The summed E-state index contributed by atoms with van der Waals surface area (Å²) >= 11 is 0. The third kappa shape index (κ3) is 1.46. The Bertz CT molecular complexity index is 707. The molecule has 18 heavy (non-hydrogen) atoms. The van der Waals surface area contributed by atoms with Gasteiger partial charge in [0, 0.05) is 16.8 Å². The third-order valence-corrected chi connectivity index (χ3v) is 3.86. The fourth-order valence-electron chi connectivity index (χ4n) is 2.93. The molecule has 0 spiro atoms. The first-order valence-electron chi connectivity index (χ1n) is 6.56. The van der Waals surface area contributed by atoms with Gasteiger partial charge in [0.15, 0.2) is 0 Å². The molecule has 0 amide bonds. The molecule has 0 aliphatic carbocycles. The van der Waals surface area contributed by atoms with Crippen LogP contribution in [0.25, 0.3) is 21.9 Å². The highest BCUT2D eigenvalue weighted by Gasteiger charge is 2.17. The zero-order valence-electron chi connectivity index (χ0n) is 10.1. The standard InChI is InChI=1S/C16H15NO/c1-2-6-15-12(4-1)13-10-11(7-8-16(13)18-15)14-5-3-9-17-14/h1-2,4,6-8,10,14,17H,3,5,9H2/t14-/m1/s1. The van der Waals surface area contributed by atoms with E-state index in [1.807, 2.05) is 12.1 Å². The van der Waals surface area contributed by atoms with E-state index in [0.717, 1.165) is 17.7 Å². The summed E-state index contributed by atoms with van der Waals surface area (Å²) in [5, 5.41) is 6.00. The molecular weight excluding hydrogens is 222 g/mol. The van der Waals surface area contributed by atoms with Crippen molar-refractivity contribution in [2.45, 2.75) is 18.9 Å². The molecule has 1 fully saturated rings. The Labute approximate surface area is 106 Å². The fourth-order valence-corrected chi connectivity index (χ4v) is 2.93. The van der Waals surface area contributed by atoms with Gasteiger partial charge in [-0.1, -0.05) is 24.3 Å². The van der Waals surface area contributed by atoms with Crippen LogP contribution in [-0.4, -0.2) is 6.54 Å². The fraction of sp³-hybridized carbons (Fsp3) is 0.250. The van der Waals surface area contributed by atoms with Crippen molar-refractivity contribution in [3.63, 3.8) is 0 Å². The van der Waals surface area contributed by atoms with Crippen molar-refractivity contribution in [3.05, 3.63) is 48.0 Å². The van der Waals surface area contributed by atoms with E-state index < -0.39 is 0 Å². The van der Waals surface area contributed by atoms with Gasteiger partial charge < -0.3 is 9.73 Å². The van der Waals surface area contributed by atoms with Crippen LogP contribution in [0.15, 0.2) is 46.9 Å². The van der Waals surface area contributed by atoms with Crippen LogP contribution in [0.5, 0.6) is 0 Å². The van der Waals surface area contributed by atoms with Crippen LogP contribution in [0.2, 0.25) is 0 Å². The quantitative estimate of drug-likeness (QED) is 0.691. The molecule has 2 heterocycles. The van der Waals surface area contributed by atoms with Gasteiger partial charge in [0.1, 0.15) is 11.2 Å². The van der Waals surface area contributed by atoms with E-state index >= 15 is 0 Å². The van der Waals surface area contributed by atoms with Gasteiger partial charge in [0.05, 0.1) is 0 Å². The third-order valence-electron chi connectivity index (χ3n) is 3.86. The van der Waals surface area contributed by atoms with Gasteiger partial charge >= 0.3 is 0 Å². The molecule has 1 aliphatic rings. The number of benzene rings is 2. The van der Waals surface area contributed by atoms with Gasteiger partial charge in [-0.25, -0.2) is 0 Å². The average Bonchev–Trinajstić information content (AvgIpc) is 3.05. The minimum Gasteiger partial charge on any atom is -0.456 e. The molecule has 2 heteroatoms. The molecule has 2 aromatic carbocycles. The Morgan fingerprint density at radius 3 is 2.78 bits per heavy atom. The second kappa shape index (κ2) is 3.85. The maximum absolute atomic E-state index is 5.85. The van der Waals surface area contributed by atoms with Crippen LogP contribution in [0.4, 0.5) is 0 Å². The van der Waals surface area contributed by atoms with Crippen molar-refractivity contribution in [2.24, 2.45) is 0 Å². The number of nitrogens with one attached hydrogen (secondary N) is 1. The lowest BCUT2D eigenvalue weighted by Crippen LogP contribution is -2.12. The predicted octanol–water partition coefficient (Wildman–Crippen LogP) is 4.01. The van der Waals surface area contributed by atoms with Crippen LogP contribution < -0.4 is 5.32 Å². The summed E-state index contributed by atoms with van der Waals surface area (Å²) in [6.07, 6.45) is 2.51. The SMILES string of the molecule is c1ccc2c(c1)oc1ccc([C@H]3CCCN3)cc12. The molecule has 1 saturated heterocycles. The molecule has 0 saturated carbocycles. The molecule has 0 bridgehead atoms. The number of para-hydroxylation sites is 1. The highest BCUT2D eigenvalue weighted by molar-refractivity contribution is 6.05. The molecule has 2 nitrogen and oxygen atoms in total. The molecule has 90 valence electrons. The largest absolute Gasteiger partial charge is 0.456 e. The highest BCUT2D eigenvalue weighted by Crippen LogP contribution is 2.32. The van der Waals surface area contributed by atoms with Gasteiger partial charge in [-0.05, 0) is 43.1 Å². The van der Waals surface area contributed by atoms with Crippen molar-refractivity contribution >= 4 is 21.9 Å². The lowest BCUT2D eigenvalue weighted by molar-refractivity contribution is 0.646. The molecule has 4 rings (SSSR count). The Kier molecular flexibility index (Phi) is 2.17. The average molecular weight is 237 g/mol. The number of hydrogen-bond acceptors (Lipinski definition) is 2. The molecule has 1 aliphatic heterocycles. The summed E-state index contributed by atoms with van der Waals surface area (Å²) in [4.78, 5) is 0. The number of rotatable bonds is 1. The summed E-state index contributed by atoms with van der Waals surface area (Å²) in [5.74, 6) is 0. The molecule has 0 unspecified atom stereocenters. The Morgan fingerprint density at radius 2 is 1.89 bits per heavy atom. The van der Waals surface area contributed by atoms with Crippen molar-refractivity contribution in [1.82, 2.24) is 5.32 Å². The van der Waals surface area contributed by atoms with E-state index in [0.29, 0.717) is 6.04 Å². The summed E-state index contributed by atoms with van der Waals surface area (Å²) in [6.45, 7) is 1.13. The van der Waals surface area contributed by atoms with Gasteiger partial charge in [-0.2, -0.15) is 0 Å². The Morgan fingerprint density at radius 1 is 1.00 bits per heavy atom. The monoisotopic (exact) mass is 237 g/mol. The lowest BCUT2D eigenvalue weighted by Gasteiger charge is -2.09. The smallest absolute Gasteiger partial charge is 0.135 e. The molecule has 1 N–H and O–H groups in total. The topological polar surface area (TPSA) is 25.2 Å². The number of furan rings is 1. The maximum Gasteiger partial charge on any atom is 0.135 e. The van der Waals surface area contributed by atoms with Gasteiger partial charge in [-0.3, -0.25) is 0 Å². The maximum atomic E-state index is 5.85. The second-order valence-corrected chi connectivity index (χ2v) is 5.00. The van der Waals surface area contributed by atoms with E-state index in [4.69, 9.17) is 4.42 Å². The van der Waals surface area contributed by atoms with E-state index in [2.05, 4.69) is 35.6 Å². The van der Waals surface area contributed by atoms with Crippen molar-refractivity contribution in [1.29, 1.82) is 0 Å². The summed E-state index contributed by atoms with van der Waals surface area (Å²) < 4.78 is 5.85. The van der Waals surface area contributed by atoms with Crippen LogP contribution in [0.3, 0.4) is 0 Å². The molecular formula is C16H15NO. The van der Waals surface area contributed by atoms with Crippen molar-refractivity contribution in [3.8, 4) is 0 Å². The van der Waals surface area contributed by atoms with Crippen LogP contribution in [0, 0.1) is 0 Å². The van der Waals surface area contributed by atoms with Crippen molar-refractivity contribution in [2.75, 3.05) is 6.54 Å². The minimum atomic E-state index is 0.517. The van der Waals surface area contributed by atoms with Crippen LogP contribution in [-0.2, 0) is 0 Å². The van der Waals surface area contributed by atoms with Crippen LogP contribution in [0.1, 0.15) is 24.4 Å². The lowest BCUT2D eigenvalue weighted by atomic mass is 10.0.